The Morgan fingerprint density at radius 1 is 1.28 bits per heavy atom. The first-order chi connectivity index (χ1) is 8.41. The fraction of sp³-hybridized carbons (Fsp3) is 0.0833. The fourth-order valence-corrected chi connectivity index (χ4v) is 2.00. The molecule has 18 heavy (non-hydrogen) atoms. The number of benzene rings is 1. The van der Waals surface area contributed by atoms with E-state index in [9.17, 15) is 19.5 Å². The van der Waals surface area contributed by atoms with Crippen molar-refractivity contribution in [2.75, 3.05) is 0 Å². The Hall–Kier alpha value is -2.14. The Balaban J connectivity index is 3.06. The summed E-state index contributed by atoms with van der Waals surface area (Å²) in [5.41, 5.74) is -1.07. The van der Waals surface area contributed by atoms with Crippen molar-refractivity contribution in [1.29, 1.82) is 0 Å². The van der Waals surface area contributed by atoms with Gasteiger partial charge in [-0.25, -0.2) is 4.79 Å². The van der Waals surface area contributed by atoms with Gasteiger partial charge in [0.2, 0.25) is 0 Å². The van der Waals surface area contributed by atoms with Crippen LogP contribution in [0.4, 0.5) is 0 Å². The quantitative estimate of drug-likeness (QED) is 0.814. The number of aromatic carboxylic acids is 1. The van der Waals surface area contributed by atoms with E-state index in [0.29, 0.717) is 10.5 Å². The lowest BCUT2D eigenvalue weighted by Crippen LogP contribution is -2.22. The number of fused-ring (bicyclic) bond motifs is 1. The van der Waals surface area contributed by atoms with Crippen molar-refractivity contribution in [3.8, 4) is 0 Å². The van der Waals surface area contributed by atoms with Crippen molar-refractivity contribution in [2.45, 2.75) is 6.92 Å². The van der Waals surface area contributed by atoms with Crippen LogP contribution in [0.1, 0.15) is 27.6 Å². The van der Waals surface area contributed by atoms with Gasteiger partial charge in [-0.1, -0.05) is 11.6 Å². The third kappa shape index (κ3) is 1.89. The van der Waals surface area contributed by atoms with Gasteiger partial charge in [0.25, 0.3) is 5.56 Å². The second kappa shape index (κ2) is 4.27. The van der Waals surface area contributed by atoms with E-state index in [4.69, 9.17) is 11.6 Å². The zero-order valence-corrected chi connectivity index (χ0v) is 10.0. The highest BCUT2D eigenvalue weighted by Gasteiger charge is 2.21. The number of carboxylic acids is 1. The number of aromatic amines is 1. The van der Waals surface area contributed by atoms with E-state index in [1.165, 1.54) is 18.2 Å². The summed E-state index contributed by atoms with van der Waals surface area (Å²) in [6, 6.07) is 4.43. The average Bonchev–Trinajstić information content (AvgIpc) is 2.27. The van der Waals surface area contributed by atoms with Gasteiger partial charge in [0.15, 0.2) is 5.78 Å². The van der Waals surface area contributed by atoms with Gasteiger partial charge in [-0.05, 0) is 25.1 Å². The third-order valence-electron chi connectivity index (χ3n) is 2.54. The Morgan fingerprint density at radius 3 is 2.50 bits per heavy atom. The number of hydrogen-bond acceptors (Lipinski definition) is 3. The molecule has 6 heteroatoms. The van der Waals surface area contributed by atoms with Crippen molar-refractivity contribution < 1.29 is 14.7 Å². The summed E-state index contributed by atoms with van der Waals surface area (Å²) < 4.78 is 0. The molecule has 2 aromatic rings. The van der Waals surface area contributed by atoms with E-state index in [1.54, 1.807) is 0 Å². The minimum Gasteiger partial charge on any atom is -0.478 e. The van der Waals surface area contributed by atoms with Crippen LogP contribution in [0.2, 0.25) is 5.02 Å². The highest BCUT2D eigenvalue weighted by atomic mass is 35.5. The van der Waals surface area contributed by atoms with Gasteiger partial charge >= 0.3 is 5.97 Å². The van der Waals surface area contributed by atoms with Crippen LogP contribution in [0.3, 0.4) is 0 Å². The highest BCUT2D eigenvalue weighted by Crippen LogP contribution is 2.22. The summed E-state index contributed by atoms with van der Waals surface area (Å²) in [5.74, 6) is -1.94. The zero-order valence-electron chi connectivity index (χ0n) is 9.28. The summed E-state index contributed by atoms with van der Waals surface area (Å²) in [7, 11) is 0. The molecule has 0 unspecified atom stereocenters. The molecule has 0 radical (unpaired) electrons. The molecule has 92 valence electrons. The number of aromatic nitrogens is 1. The number of pyridine rings is 1. The van der Waals surface area contributed by atoms with Crippen LogP contribution in [-0.4, -0.2) is 21.8 Å². The van der Waals surface area contributed by atoms with Crippen LogP contribution in [0, 0.1) is 0 Å². The standard InChI is InChI=1S/C12H8ClNO4/c1-5(15)9-10(12(17)18)7-4-6(13)2-3-8(7)14-11(9)16/h2-4H,1H3,(H,14,16)(H,17,18). The smallest absolute Gasteiger partial charge is 0.337 e. The maximum Gasteiger partial charge on any atom is 0.337 e. The Labute approximate surface area is 106 Å². The van der Waals surface area contributed by atoms with Crippen molar-refractivity contribution in [2.24, 2.45) is 0 Å². The highest BCUT2D eigenvalue weighted by molar-refractivity contribution is 6.31. The zero-order chi connectivity index (χ0) is 13.4. The van der Waals surface area contributed by atoms with Crippen LogP contribution < -0.4 is 5.56 Å². The predicted octanol–water partition coefficient (Wildman–Crippen LogP) is 2.08. The first kappa shape index (κ1) is 12.3. The molecule has 0 saturated carbocycles. The molecule has 0 bridgehead atoms. The van der Waals surface area contributed by atoms with Gasteiger partial charge < -0.3 is 10.1 Å². The van der Waals surface area contributed by atoms with Crippen molar-refractivity contribution >= 4 is 34.3 Å². The molecule has 0 saturated heterocycles. The molecule has 0 aliphatic heterocycles. The second-order valence-electron chi connectivity index (χ2n) is 3.76. The number of carbonyl (C=O) groups is 2. The normalized spacial score (nSPS) is 10.6. The molecule has 0 atom stereocenters. The number of carboxylic acid groups (broad SMARTS) is 1. The SMILES string of the molecule is CC(=O)c1c(C(=O)O)c2cc(Cl)ccc2[nH]c1=O. The van der Waals surface area contributed by atoms with Gasteiger partial charge in [0.05, 0.1) is 11.1 Å². The van der Waals surface area contributed by atoms with Gasteiger partial charge in [-0.3, -0.25) is 9.59 Å². The van der Waals surface area contributed by atoms with E-state index in [0.717, 1.165) is 6.92 Å². The number of nitrogens with one attached hydrogen (secondary N) is 1. The summed E-state index contributed by atoms with van der Waals surface area (Å²) >= 11 is 5.80. The molecular weight excluding hydrogens is 258 g/mol. The third-order valence-corrected chi connectivity index (χ3v) is 2.78. The lowest BCUT2D eigenvalue weighted by molar-refractivity contribution is 0.0694. The second-order valence-corrected chi connectivity index (χ2v) is 4.19. The van der Waals surface area contributed by atoms with E-state index >= 15 is 0 Å². The summed E-state index contributed by atoms with van der Waals surface area (Å²) in [4.78, 5) is 36.8. The Kier molecular flexibility index (Phi) is 2.92. The first-order valence-electron chi connectivity index (χ1n) is 5.01. The number of halogens is 1. The largest absolute Gasteiger partial charge is 0.478 e. The number of ketones is 1. The molecule has 5 nitrogen and oxygen atoms in total. The molecule has 1 heterocycles. The van der Waals surface area contributed by atoms with Gasteiger partial charge in [0, 0.05) is 15.9 Å². The molecule has 2 rings (SSSR count). The minimum absolute atomic E-state index is 0.236. The molecular formula is C12H8ClNO4. The minimum atomic E-state index is -1.33. The molecule has 0 amide bonds. The molecule has 1 aromatic carbocycles. The molecule has 2 N–H and O–H groups in total. The summed E-state index contributed by atoms with van der Waals surface area (Å²) in [6.07, 6.45) is 0. The van der Waals surface area contributed by atoms with Crippen LogP contribution >= 0.6 is 11.6 Å². The van der Waals surface area contributed by atoms with E-state index < -0.39 is 17.3 Å². The number of carbonyl (C=O) groups excluding carboxylic acids is 1. The maximum absolute atomic E-state index is 11.7. The fourth-order valence-electron chi connectivity index (χ4n) is 1.82. The number of hydrogen-bond donors (Lipinski definition) is 2. The van der Waals surface area contributed by atoms with Crippen LogP contribution in [-0.2, 0) is 0 Å². The molecule has 0 aliphatic rings. The van der Waals surface area contributed by atoms with Gasteiger partial charge in [-0.15, -0.1) is 0 Å². The summed E-state index contributed by atoms with van der Waals surface area (Å²) in [5, 5.41) is 9.74. The average molecular weight is 266 g/mol. The lowest BCUT2D eigenvalue weighted by Gasteiger charge is -2.07. The van der Waals surface area contributed by atoms with Crippen LogP contribution in [0.25, 0.3) is 10.9 Å². The Morgan fingerprint density at radius 2 is 1.94 bits per heavy atom. The number of Topliss-reactive ketones (excluding diaryl/α,β-unsaturated/α-hetero) is 1. The van der Waals surface area contributed by atoms with Crippen molar-refractivity contribution in [1.82, 2.24) is 4.98 Å². The topological polar surface area (TPSA) is 87.2 Å². The van der Waals surface area contributed by atoms with Crippen LogP contribution in [0.5, 0.6) is 0 Å². The number of rotatable bonds is 2. The predicted molar refractivity (Wildman–Crippen MR) is 66.5 cm³/mol. The number of H-pyrrole nitrogens is 1. The molecule has 0 aliphatic carbocycles. The summed E-state index contributed by atoms with van der Waals surface area (Å²) in [6.45, 7) is 1.15. The van der Waals surface area contributed by atoms with Crippen LogP contribution in [0.15, 0.2) is 23.0 Å². The molecule has 0 spiro atoms. The Bertz CT molecular complexity index is 733. The van der Waals surface area contributed by atoms with Gasteiger partial charge in [-0.2, -0.15) is 0 Å². The van der Waals surface area contributed by atoms with Crippen molar-refractivity contribution in [3.63, 3.8) is 0 Å². The van der Waals surface area contributed by atoms with E-state index in [1.807, 2.05) is 0 Å². The molecule has 0 fully saturated rings. The first-order valence-corrected chi connectivity index (χ1v) is 5.39. The van der Waals surface area contributed by atoms with E-state index in [-0.39, 0.29) is 16.5 Å². The maximum atomic E-state index is 11.7. The van der Waals surface area contributed by atoms with Gasteiger partial charge in [0.1, 0.15) is 0 Å². The lowest BCUT2D eigenvalue weighted by atomic mass is 10.0. The monoisotopic (exact) mass is 265 g/mol. The molecule has 1 aromatic heterocycles. The van der Waals surface area contributed by atoms with Crippen molar-refractivity contribution in [3.05, 3.63) is 44.7 Å². The van der Waals surface area contributed by atoms with E-state index in [2.05, 4.69) is 4.98 Å².